The number of alkyl halides is 1. The summed E-state index contributed by atoms with van der Waals surface area (Å²) in [6.45, 7) is 5.32. The molecule has 0 spiro atoms. The zero-order chi connectivity index (χ0) is 22.3. The van der Waals surface area contributed by atoms with E-state index in [9.17, 15) is 19.7 Å². The van der Waals surface area contributed by atoms with Crippen molar-refractivity contribution in [3.63, 3.8) is 0 Å². The van der Waals surface area contributed by atoms with Gasteiger partial charge in [0.1, 0.15) is 5.92 Å². The highest BCUT2D eigenvalue weighted by Crippen LogP contribution is 2.41. The van der Waals surface area contributed by atoms with E-state index in [1.807, 2.05) is 0 Å². The van der Waals surface area contributed by atoms with Gasteiger partial charge >= 0.3 is 11.9 Å². The van der Waals surface area contributed by atoms with Crippen LogP contribution in [-0.2, 0) is 19.1 Å². The van der Waals surface area contributed by atoms with Crippen LogP contribution in [0.3, 0.4) is 0 Å². The van der Waals surface area contributed by atoms with Crippen LogP contribution in [0.25, 0.3) is 0 Å². The normalized spacial score (nSPS) is 18.6. The summed E-state index contributed by atoms with van der Waals surface area (Å²) < 4.78 is 10.5. The van der Waals surface area contributed by atoms with E-state index in [1.54, 1.807) is 26.8 Å². The van der Waals surface area contributed by atoms with E-state index in [0.717, 1.165) is 0 Å². The lowest BCUT2D eigenvalue weighted by Crippen LogP contribution is -2.37. The second-order valence-electron chi connectivity index (χ2n) is 6.35. The maximum atomic E-state index is 12.9. The Hall–Kier alpha value is -2.39. The minimum absolute atomic E-state index is 0.132. The maximum Gasteiger partial charge on any atom is 0.336 e. The van der Waals surface area contributed by atoms with Crippen LogP contribution in [-0.4, -0.2) is 46.8 Å². The molecule has 1 aliphatic rings. The summed E-state index contributed by atoms with van der Waals surface area (Å²) in [5, 5.41) is 11.6. The van der Waals surface area contributed by atoms with Crippen molar-refractivity contribution in [2.45, 2.75) is 26.7 Å². The maximum absolute atomic E-state index is 12.9. The van der Waals surface area contributed by atoms with E-state index >= 15 is 0 Å². The molecule has 2 atom stereocenters. The average molecular weight is 455 g/mol. The summed E-state index contributed by atoms with van der Waals surface area (Å²) in [7, 11) is 0. The SMILES string of the molecule is CCOC(=O)C1=C(CSCCl)N=C(C)C(C(=O)OCC)C1c1cccc([N+](=O)[O-])c1. The van der Waals surface area contributed by atoms with Crippen LogP contribution in [0.4, 0.5) is 5.69 Å². The summed E-state index contributed by atoms with van der Waals surface area (Å²) >= 11 is 7.15. The van der Waals surface area contributed by atoms with E-state index in [1.165, 1.54) is 30.0 Å². The van der Waals surface area contributed by atoms with Gasteiger partial charge in [0.15, 0.2) is 0 Å². The molecule has 0 aromatic heterocycles. The Kier molecular flexibility index (Phi) is 8.86. The van der Waals surface area contributed by atoms with Crippen LogP contribution >= 0.6 is 23.4 Å². The van der Waals surface area contributed by atoms with Gasteiger partial charge in [-0.15, -0.1) is 23.4 Å². The highest BCUT2D eigenvalue weighted by atomic mass is 35.5. The van der Waals surface area contributed by atoms with Gasteiger partial charge in [-0.3, -0.25) is 19.9 Å². The van der Waals surface area contributed by atoms with Crippen molar-refractivity contribution in [3.8, 4) is 0 Å². The topological polar surface area (TPSA) is 108 Å². The Bertz CT molecular complexity index is 886. The number of hydrogen-bond donors (Lipinski definition) is 0. The lowest BCUT2D eigenvalue weighted by atomic mass is 9.75. The number of ether oxygens (including phenoxy) is 2. The second kappa shape index (κ2) is 11.1. The Balaban J connectivity index is 2.73. The van der Waals surface area contributed by atoms with Crippen molar-refractivity contribution < 1.29 is 24.0 Å². The molecular formula is C20H23ClN2O6S. The number of esters is 2. The van der Waals surface area contributed by atoms with Gasteiger partial charge in [-0.25, -0.2) is 4.79 Å². The first-order valence-electron chi connectivity index (χ1n) is 9.35. The Morgan fingerprint density at radius 3 is 2.57 bits per heavy atom. The van der Waals surface area contributed by atoms with Gasteiger partial charge in [0, 0.05) is 29.5 Å². The van der Waals surface area contributed by atoms with E-state index in [0.29, 0.717) is 22.7 Å². The molecule has 0 saturated carbocycles. The first-order chi connectivity index (χ1) is 14.3. The predicted molar refractivity (Wildman–Crippen MR) is 116 cm³/mol. The molecule has 2 rings (SSSR count). The van der Waals surface area contributed by atoms with Crippen molar-refractivity contribution in [3.05, 3.63) is 51.2 Å². The van der Waals surface area contributed by atoms with Crippen LogP contribution in [0.2, 0.25) is 0 Å². The van der Waals surface area contributed by atoms with Gasteiger partial charge in [-0.05, 0) is 26.3 Å². The molecule has 2 unspecified atom stereocenters. The molecule has 1 aromatic carbocycles. The number of aliphatic imine (C=N–C) groups is 1. The molecular weight excluding hydrogens is 432 g/mol. The number of thioether (sulfide) groups is 1. The lowest BCUT2D eigenvalue weighted by Gasteiger charge is -2.32. The fourth-order valence-electron chi connectivity index (χ4n) is 3.36. The summed E-state index contributed by atoms with van der Waals surface area (Å²) in [6, 6.07) is 5.88. The Morgan fingerprint density at radius 2 is 1.97 bits per heavy atom. The number of non-ortho nitro benzene ring substituents is 1. The third-order valence-electron chi connectivity index (χ3n) is 4.51. The average Bonchev–Trinajstić information content (AvgIpc) is 2.71. The fourth-order valence-corrected chi connectivity index (χ4v) is 4.08. The Morgan fingerprint density at radius 1 is 1.27 bits per heavy atom. The van der Waals surface area contributed by atoms with Gasteiger partial charge < -0.3 is 9.47 Å². The first kappa shape index (κ1) is 23.9. The minimum atomic E-state index is -0.906. The van der Waals surface area contributed by atoms with E-state index in [-0.39, 0.29) is 29.7 Å². The molecule has 0 N–H and O–H groups in total. The molecule has 0 radical (unpaired) electrons. The largest absolute Gasteiger partial charge is 0.465 e. The quantitative estimate of drug-likeness (QED) is 0.239. The van der Waals surface area contributed by atoms with Crippen LogP contribution in [0.5, 0.6) is 0 Å². The predicted octanol–water partition coefficient (Wildman–Crippen LogP) is 4.08. The molecule has 1 heterocycles. The van der Waals surface area contributed by atoms with Gasteiger partial charge in [0.05, 0.1) is 34.6 Å². The van der Waals surface area contributed by atoms with Crippen LogP contribution in [0.1, 0.15) is 32.3 Å². The van der Waals surface area contributed by atoms with Crippen molar-refractivity contribution in [1.29, 1.82) is 0 Å². The number of hydrogen-bond acceptors (Lipinski definition) is 8. The molecule has 10 heteroatoms. The fraction of sp³-hybridized carbons (Fsp3) is 0.450. The Labute approximate surface area is 183 Å². The van der Waals surface area contributed by atoms with Gasteiger partial charge in [-0.1, -0.05) is 12.1 Å². The summed E-state index contributed by atoms with van der Waals surface area (Å²) in [5.41, 5.74) is 1.39. The zero-order valence-corrected chi connectivity index (χ0v) is 18.5. The molecule has 0 saturated heterocycles. The molecule has 0 aliphatic carbocycles. The highest BCUT2D eigenvalue weighted by molar-refractivity contribution is 8.00. The number of carbonyl (C=O) groups is 2. The first-order valence-corrected chi connectivity index (χ1v) is 11.0. The van der Waals surface area contributed by atoms with Crippen molar-refractivity contribution in [2.75, 3.05) is 24.2 Å². The van der Waals surface area contributed by atoms with Gasteiger partial charge in [-0.2, -0.15) is 0 Å². The number of benzene rings is 1. The summed E-state index contributed by atoms with van der Waals surface area (Å²) in [6.07, 6.45) is 0. The number of nitro groups is 1. The molecule has 1 aromatic rings. The van der Waals surface area contributed by atoms with Gasteiger partial charge in [0.2, 0.25) is 0 Å². The smallest absolute Gasteiger partial charge is 0.336 e. The number of nitrogens with zero attached hydrogens (tertiary/aromatic N) is 2. The number of rotatable bonds is 9. The van der Waals surface area contributed by atoms with Gasteiger partial charge in [0.25, 0.3) is 5.69 Å². The number of carbonyl (C=O) groups excluding carboxylic acids is 2. The second-order valence-corrected chi connectivity index (χ2v) is 7.92. The standard InChI is InChI=1S/C20H23ClN2O6S/c1-4-28-19(24)16-12(3)22-15(10-30-11-21)18(20(25)29-5-2)17(16)13-7-6-8-14(9-13)23(26)27/h6-9,16-17H,4-5,10-11H2,1-3H3. The third-order valence-corrected chi connectivity index (χ3v) is 5.60. The van der Waals surface area contributed by atoms with Crippen LogP contribution < -0.4 is 0 Å². The van der Waals surface area contributed by atoms with Crippen molar-refractivity contribution in [1.82, 2.24) is 0 Å². The summed E-state index contributed by atoms with van der Waals surface area (Å²) in [5.74, 6) is -2.58. The van der Waals surface area contributed by atoms with Crippen LogP contribution in [0, 0.1) is 16.0 Å². The number of nitro benzene ring substituents is 1. The molecule has 1 aliphatic heterocycles. The zero-order valence-electron chi connectivity index (χ0n) is 16.9. The van der Waals surface area contributed by atoms with E-state index in [2.05, 4.69) is 4.99 Å². The third kappa shape index (κ3) is 5.40. The number of halogens is 1. The molecule has 8 nitrogen and oxygen atoms in total. The summed E-state index contributed by atoms with van der Waals surface area (Å²) in [4.78, 5) is 41.0. The highest BCUT2D eigenvalue weighted by Gasteiger charge is 2.43. The molecule has 30 heavy (non-hydrogen) atoms. The van der Waals surface area contributed by atoms with Crippen molar-refractivity contribution >= 4 is 46.7 Å². The monoisotopic (exact) mass is 454 g/mol. The van der Waals surface area contributed by atoms with Crippen molar-refractivity contribution in [2.24, 2.45) is 10.9 Å². The van der Waals surface area contributed by atoms with E-state index < -0.39 is 28.7 Å². The van der Waals surface area contributed by atoms with Crippen LogP contribution in [0.15, 0.2) is 40.5 Å². The lowest BCUT2D eigenvalue weighted by molar-refractivity contribution is -0.384. The molecule has 162 valence electrons. The molecule has 0 fully saturated rings. The molecule has 0 amide bonds. The molecule has 0 bridgehead atoms. The minimum Gasteiger partial charge on any atom is -0.465 e. The van der Waals surface area contributed by atoms with E-state index in [4.69, 9.17) is 21.1 Å².